The summed E-state index contributed by atoms with van der Waals surface area (Å²) in [6.45, 7) is 0. The van der Waals surface area contributed by atoms with Crippen molar-refractivity contribution >= 4 is 21.0 Å². The first-order valence-electron chi connectivity index (χ1n) is 2.62. The summed E-state index contributed by atoms with van der Waals surface area (Å²) in [5.41, 5.74) is 0. The summed E-state index contributed by atoms with van der Waals surface area (Å²) < 4.78 is 78.4. The van der Waals surface area contributed by atoms with Crippen LogP contribution in [0.1, 0.15) is 0 Å². The molecule has 0 aliphatic carbocycles. The lowest BCUT2D eigenvalue weighted by molar-refractivity contribution is -0.165. The van der Waals surface area contributed by atoms with Gasteiger partial charge in [-0.05, 0) is 0 Å². The van der Waals surface area contributed by atoms with Gasteiger partial charge in [0.1, 0.15) is 0 Å². The van der Waals surface area contributed by atoms with Crippen LogP contribution in [0.5, 0.6) is 0 Å². The Morgan fingerprint density at radius 2 is 1.00 bits per heavy atom. The molecule has 0 saturated carbocycles. The molecule has 0 N–H and O–H groups in total. The predicted octanol–water partition coefficient (Wildman–Crippen LogP) is 0.913. The first-order chi connectivity index (χ1) is 5.98. The van der Waals surface area contributed by atoms with Crippen molar-refractivity contribution in [2.75, 3.05) is 0 Å². The number of hydrogen-bond donors (Lipinski definition) is 0. The molecule has 0 aliphatic rings. The van der Waals surface area contributed by atoms with Crippen molar-refractivity contribution < 1.29 is 40.1 Å². The van der Waals surface area contributed by atoms with Crippen molar-refractivity contribution in [3.63, 3.8) is 0 Å². The second-order valence-corrected chi connectivity index (χ2v) is 3.12. The fourth-order valence-electron chi connectivity index (χ4n) is 0.294. The third-order valence-corrected chi connectivity index (χ3v) is 1.94. The topological polar surface area (TPSA) is 51.2 Å². The number of halogens is 6. The van der Waals surface area contributed by atoms with Crippen LogP contribution in [-0.2, 0) is 20.4 Å². The third kappa shape index (κ3) is 3.09. The molecular weight excluding hydrogens is 242 g/mol. The molecule has 0 rings (SSSR count). The van der Waals surface area contributed by atoms with Gasteiger partial charge in [-0.1, -0.05) is 0 Å². The van der Waals surface area contributed by atoms with Gasteiger partial charge in [0.05, 0.1) is 0 Å². The molecular formula is C4F6O3S. The van der Waals surface area contributed by atoms with Crippen molar-refractivity contribution in [3.05, 3.63) is 0 Å². The maximum Gasteiger partial charge on any atom is 0.463 e. The average molecular weight is 242 g/mol. The first kappa shape index (κ1) is 13.1. The van der Waals surface area contributed by atoms with Gasteiger partial charge in [0.15, 0.2) is 10.8 Å². The highest BCUT2D eigenvalue weighted by Crippen LogP contribution is 2.23. The van der Waals surface area contributed by atoms with E-state index in [9.17, 15) is 40.1 Å². The van der Waals surface area contributed by atoms with Gasteiger partial charge in [-0.25, -0.2) is 4.21 Å². The van der Waals surface area contributed by atoms with E-state index in [1.54, 1.807) is 0 Å². The number of hydrogen-bond acceptors (Lipinski definition) is 3. The summed E-state index contributed by atoms with van der Waals surface area (Å²) >= 11 is 0. The van der Waals surface area contributed by atoms with E-state index in [1.807, 2.05) is 0 Å². The van der Waals surface area contributed by atoms with Crippen LogP contribution in [0.2, 0.25) is 0 Å². The van der Waals surface area contributed by atoms with Crippen LogP contribution in [0.25, 0.3) is 0 Å². The molecule has 0 saturated heterocycles. The first-order valence-corrected chi connectivity index (χ1v) is 3.77. The maximum atomic E-state index is 11.4. The van der Waals surface area contributed by atoms with Crippen molar-refractivity contribution in [2.24, 2.45) is 0 Å². The number of carbonyl (C=O) groups is 2. The van der Waals surface area contributed by atoms with Crippen LogP contribution in [-0.4, -0.2) is 26.8 Å². The molecule has 14 heavy (non-hydrogen) atoms. The Morgan fingerprint density at radius 1 is 0.786 bits per heavy atom. The van der Waals surface area contributed by atoms with Gasteiger partial charge in [0.25, 0.3) is 0 Å². The molecule has 10 heteroatoms. The zero-order valence-electron chi connectivity index (χ0n) is 5.90. The molecule has 0 aromatic heterocycles. The molecule has 0 aromatic rings. The molecule has 3 nitrogen and oxygen atoms in total. The standard InChI is InChI=1S/C4F6O3S/c5-3(6,7)1(11)14(13)2(12)4(8,9)10. The number of alkyl halides is 6. The van der Waals surface area contributed by atoms with Crippen LogP contribution in [0.4, 0.5) is 26.3 Å². The van der Waals surface area contributed by atoms with Crippen molar-refractivity contribution in [2.45, 2.75) is 12.4 Å². The summed E-state index contributed by atoms with van der Waals surface area (Å²) in [7, 11) is -4.28. The van der Waals surface area contributed by atoms with E-state index in [0.717, 1.165) is 0 Å². The molecule has 0 bridgehead atoms. The van der Waals surface area contributed by atoms with E-state index >= 15 is 0 Å². The molecule has 0 heterocycles. The molecule has 0 amide bonds. The van der Waals surface area contributed by atoms with E-state index in [-0.39, 0.29) is 0 Å². The van der Waals surface area contributed by atoms with Gasteiger partial charge >= 0.3 is 22.6 Å². The van der Waals surface area contributed by atoms with Crippen molar-refractivity contribution in [3.8, 4) is 0 Å². The Morgan fingerprint density at radius 3 is 1.14 bits per heavy atom. The fraction of sp³-hybridized carbons (Fsp3) is 0.500. The quantitative estimate of drug-likeness (QED) is 0.593. The van der Waals surface area contributed by atoms with Crippen LogP contribution < -0.4 is 0 Å². The molecule has 0 aliphatic heterocycles. The highest BCUT2D eigenvalue weighted by molar-refractivity contribution is 8.13. The highest BCUT2D eigenvalue weighted by atomic mass is 32.2. The monoisotopic (exact) mass is 242 g/mol. The maximum absolute atomic E-state index is 11.4. The van der Waals surface area contributed by atoms with Crippen LogP contribution in [0.15, 0.2) is 0 Å². The molecule has 0 aromatic carbocycles. The largest absolute Gasteiger partial charge is 0.463 e. The van der Waals surface area contributed by atoms with Crippen LogP contribution in [0.3, 0.4) is 0 Å². The van der Waals surface area contributed by atoms with Gasteiger partial charge in [-0.3, -0.25) is 9.59 Å². The number of rotatable bonds is 0. The summed E-state index contributed by atoms with van der Waals surface area (Å²) in [6.07, 6.45) is -11.5. The average Bonchev–Trinajstić information content (AvgIpc) is 1.97. The molecule has 0 spiro atoms. The van der Waals surface area contributed by atoms with Gasteiger partial charge in [-0.2, -0.15) is 26.3 Å². The van der Waals surface area contributed by atoms with E-state index < -0.39 is 33.4 Å². The van der Waals surface area contributed by atoms with E-state index in [4.69, 9.17) is 0 Å². The summed E-state index contributed by atoms with van der Waals surface area (Å²) in [5.74, 6) is 0. The predicted molar refractivity (Wildman–Crippen MR) is 30.3 cm³/mol. The Kier molecular flexibility index (Phi) is 3.43. The van der Waals surface area contributed by atoms with Gasteiger partial charge < -0.3 is 0 Å². The minimum Gasteiger partial charge on any atom is -0.274 e. The van der Waals surface area contributed by atoms with Crippen LogP contribution in [0, 0.1) is 0 Å². The fourth-order valence-corrected chi connectivity index (χ4v) is 0.883. The summed E-state index contributed by atoms with van der Waals surface area (Å²) in [6, 6.07) is 0. The second-order valence-electron chi connectivity index (χ2n) is 1.84. The summed E-state index contributed by atoms with van der Waals surface area (Å²) in [5, 5.41) is -6.44. The Labute approximate surface area is 74.5 Å². The highest BCUT2D eigenvalue weighted by Gasteiger charge is 2.52. The molecule has 82 valence electrons. The van der Waals surface area contributed by atoms with E-state index in [2.05, 4.69) is 0 Å². The minimum atomic E-state index is -5.73. The Hall–Kier alpha value is -0.930. The molecule has 0 unspecified atom stereocenters. The lowest BCUT2D eigenvalue weighted by atomic mass is 10.7. The van der Waals surface area contributed by atoms with Gasteiger partial charge in [0, 0.05) is 0 Å². The zero-order valence-corrected chi connectivity index (χ0v) is 6.72. The smallest absolute Gasteiger partial charge is 0.274 e. The van der Waals surface area contributed by atoms with E-state index in [1.165, 1.54) is 0 Å². The molecule has 0 atom stereocenters. The minimum absolute atomic E-state index is 3.22. The lowest BCUT2D eigenvalue weighted by Crippen LogP contribution is -2.37. The van der Waals surface area contributed by atoms with E-state index in [0.29, 0.717) is 0 Å². The lowest BCUT2D eigenvalue weighted by Gasteiger charge is -2.05. The van der Waals surface area contributed by atoms with Crippen molar-refractivity contribution in [1.82, 2.24) is 0 Å². The van der Waals surface area contributed by atoms with Gasteiger partial charge in [0.2, 0.25) is 0 Å². The SMILES string of the molecule is O=C(S(=O)C(=O)C(F)(F)F)C(F)(F)F. The van der Waals surface area contributed by atoms with Gasteiger partial charge in [-0.15, -0.1) is 0 Å². The molecule has 0 fully saturated rings. The third-order valence-electron chi connectivity index (χ3n) is 0.800. The van der Waals surface area contributed by atoms with Crippen LogP contribution >= 0.6 is 0 Å². The Bertz CT molecular complexity index is 260. The second kappa shape index (κ2) is 3.67. The van der Waals surface area contributed by atoms with Crippen molar-refractivity contribution in [1.29, 1.82) is 0 Å². The molecule has 0 radical (unpaired) electrons. The normalized spacial score (nSPS) is 13.1. The summed E-state index contributed by atoms with van der Waals surface area (Å²) in [4.78, 5) is 19.8. The zero-order chi connectivity index (χ0) is 11.7. The number of carbonyl (C=O) groups excluding carboxylic acids is 2. The Balaban J connectivity index is 4.85.